The number of aliphatic hydroxyl groups excluding tert-OH is 1. The van der Waals surface area contributed by atoms with Gasteiger partial charge in [-0.15, -0.1) is 0 Å². The van der Waals surface area contributed by atoms with Gasteiger partial charge in [-0.25, -0.2) is 14.4 Å². The number of aliphatic hydroxyl groups is 2. The van der Waals surface area contributed by atoms with Crippen LogP contribution < -0.4 is 5.73 Å². The van der Waals surface area contributed by atoms with Crippen molar-refractivity contribution in [3.05, 3.63) is 18.3 Å². The Kier molecular flexibility index (Phi) is 2.72. The Labute approximate surface area is 113 Å². The van der Waals surface area contributed by atoms with Gasteiger partial charge in [0.1, 0.15) is 23.9 Å². The fourth-order valence-corrected chi connectivity index (χ4v) is 2.62. The van der Waals surface area contributed by atoms with Crippen LogP contribution in [-0.2, 0) is 4.74 Å². The maximum absolute atomic E-state index is 14.0. The fraction of sp³-hybridized carbons (Fsp3) is 0.500. The van der Waals surface area contributed by atoms with Crippen molar-refractivity contribution < 1.29 is 19.3 Å². The zero-order chi connectivity index (χ0) is 14.7. The number of halogens is 1. The van der Waals surface area contributed by atoms with Crippen molar-refractivity contribution in [2.45, 2.75) is 37.9 Å². The quantitative estimate of drug-likeness (QED) is 0.689. The van der Waals surface area contributed by atoms with Gasteiger partial charge < -0.3 is 20.7 Å². The highest BCUT2D eigenvalue weighted by molar-refractivity contribution is 5.86. The Hall–Kier alpha value is -1.77. The number of anilines is 1. The molecule has 20 heavy (non-hydrogen) atoms. The Morgan fingerprint density at radius 3 is 2.80 bits per heavy atom. The van der Waals surface area contributed by atoms with E-state index in [2.05, 4.69) is 9.97 Å². The van der Waals surface area contributed by atoms with Gasteiger partial charge in [0.25, 0.3) is 0 Å². The minimum Gasteiger partial charge on any atom is -0.387 e. The van der Waals surface area contributed by atoms with Crippen LogP contribution in [-0.4, -0.2) is 42.6 Å². The van der Waals surface area contributed by atoms with Gasteiger partial charge in [0.05, 0.1) is 11.5 Å². The van der Waals surface area contributed by atoms with Crippen LogP contribution >= 0.6 is 0 Å². The standard InChI is InChI=1S/C12H15FN4O3/c1-5-8(18)12(2,19)11(20-5)17-3-6(13)7-9(14)15-4-16-10(7)17/h3-5,8,11,18-19H,1-2H3,(H2,14,15,16). The van der Waals surface area contributed by atoms with Crippen molar-refractivity contribution in [3.63, 3.8) is 0 Å². The van der Waals surface area contributed by atoms with Crippen LogP contribution in [0, 0.1) is 5.82 Å². The molecule has 1 fully saturated rings. The normalized spacial score (nSPS) is 34.0. The predicted octanol–water partition coefficient (Wildman–Crippen LogP) is 0.182. The number of hydrogen-bond acceptors (Lipinski definition) is 6. The molecule has 4 unspecified atom stereocenters. The highest BCUT2D eigenvalue weighted by Gasteiger charge is 2.51. The molecule has 3 heterocycles. The SMILES string of the molecule is CC1OC(n2cc(F)c3c(N)ncnc32)C(C)(O)C1O. The van der Waals surface area contributed by atoms with E-state index >= 15 is 0 Å². The molecule has 0 amide bonds. The molecule has 0 spiro atoms. The monoisotopic (exact) mass is 282 g/mol. The van der Waals surface area contributed by atoms with E-state index < -0.39 is 29.9 Å². The first-order valence-corrected chi connectivity index (χ1v) is 6.16. The summed E-state index contributed by atoms with van der Waals surface area (Å²) in [5.41, 5.74) is 4.27. The Morgan fingerprint density at radius 1 is 1.50 bits per heavy atom. The van der Waals surface area contributed by atoms with Gasteiger partial charge in [0.2, 0.25) is 0 Å². The molecular weight excluding hydrogens is 267 g/mol. The van der Waals surface area contributed by atoms with Crippen LogP contribution in [0.4, 0.5) is 10.2 Å². The van der Waals surface area contributed by atoms with E-state index in [1.54, 1.807) is 6.92 Å². The molecular formula is C12H15FN4O3. The number of nitrogen functional groups attached to an aromatic ring is 1. The third-order valence-corrected chi connectivity index (χ3v) is 3.73. The number of rotatable bonds is 1. The molecule has 2 aromatic heterocycles. The average Bonchev–Trinajstić information content (AvgIpc) is 2.81. The molecule has 4 N–H and O–H groups in total. The fourth-order valence-electron chi connectivity index (χ4n) is 2.62. The number of fused-ring (bicyclic) bond motifs is 1. The molecule has 1 aliphatic rings. The van der Waals surface area contributed by atoms with Gasteiger partial charge in [0, 0.05) is 6.20 Å². The van der Waals surface area contributed by atoms with E-state index in [1.165, 1.54) is 17.8 Å². The van der Waals surface area contributed by atoms with Crippen LogP contribution in [0.2, 0.25) is 0 Å². The van der Waals surface area contributed by atoms with Gasteiger partial charge in [-0.05, 0) is 13.8 Å². The van der Waals surface area contributed by atoms with Crippen molar-refractivity contribution in [2.24, 2.45) is 0 Å². The molecule has 0 saturated carbocycles. The zero-order valence-electron chi connectivity index (χ0n) is 11.0. The van der Waals surface area contributed by atoms with Crippen molar-refractivity contribution >= 4 is 16.9 Å². The molecule has 2 aromatic rings. The lowest BCUT2D eigenvalue weighted by Crippen LogP contribution is -2.43. The summed E-state index contributed by atoms with van der Waals surface area (Å²) >= 11 is 0. The Balaban J connectivity index is 2.19. The van der Waals surface area contributed by atoms with Crippen LogP contribution in [0.15, 0.2) is 12.5 Å². The van der Waals surface area contributed by atoms with E-state index in [1.807, 2.05) is 0 Å². The summed E-state index contributed by atoms with van der Waals surface area (Å²) in [6.45, 7) is 3.06. The number of hydrogen-bond donors (Lipinski definition) is 3. The summed E-state index contributed by atoms with van der Waals surface area (Å²) in [4.78, 5) is 7.72. The largest absolute Gasteiger partial charge is 0.387 e. The van der Waals surface area contributed by atoms with Crippen molar-refractivity contribution in [2.75, 3.05) is 5.73 Å². The number of ether oxygens (including phenoxy) is 1. The molecule has 4 atom stereocenters. The molecule has 108 valence electrons. The second-order valence-corrected chi connectivity index (χ2v) is 5.21. The molecule has 7 nitrogen and oxygen atoms in total. The molecule has 1 saturated heterocycles. The van der Waals surface area contributed by atoms with Crippen molar-refractivity contribution in [1.29, 1.82) is 0 Å². The van der Waals surface area contributed by atoms with Crippen LogP contribution in [0.3, 0.4) is 0 Å². The zero-order valence-corrected chi connectivity index (χ0v) is 11.0. The van der Waals surface area contributed by atoms with E-state index in [9.17, 15) is 14.6 Å². The van der Waals surface area contributed by atoms with E-state index in [4.69, 9.17) is 10.5 Å². The van der Waals surface area contributed by atoms with Crippen LogP contribution in [0.25, 0.3) is 11.0 Å². The lowest BCUT2D eigenvalue weighted by Gasteiger charge is -2.27. The lowest BCUT2D eigenvalue weighted by molar-refractivity contribution is -0.0935. The van der Waals surface area contributed by atoms with Gasteiger partial charge in [-0.1, -0.05) is 0 Å². The first-order valence-electron chi connectivity index (χ1n) is 6.16. The molecule has 0 aromatic carbocycles. The second-order valence-electron chi connectivity index (χ2n) is 5.21. The smallest absolute Gasteiger partial charge is 0.167 e. The summed E-state index contributed by atoms with van der Waals surface area (Å²) < 4.78 is 20.8. The summed E-state index contributed by atoms with van der Waals surface area (Å²) in [5.74, 6) is -0.593. The minimum absolute atomic E-state index is 0.0116. The van der Waals surface area contributed by atoms with Crippen molar-refractivity contribution in [1.82, 2.24) is 14.5 Å². The number of aromatic nitrogens is 3. The highest BCUT2D eigenvalue weighted by Crippen LogP contribution is 2.40. The van der Waals surface area contributed by atoms with Crippen LogP contribution in [0.1, 0.15) is 20.1 Å². The lowest BCUT2D eigenvalue weighted by atomic mass is 9.97. The summed E-state index contributed by atoms with van der Waals surface area (Å²) in [6.07, 6.45) is -0.299. The summed E-state index contributed by atoms with van der Waals surface area (Å²) in [7, 11) is 0. The van der Waals surface area contributed by atoms with Crippen LogP contribution in [0.5, 0.6) is 0 Å². The number of nitrogens with zero attached hydrogens (tertiary/aromatic N) is 3. The Bertz CT molecular complexity index is 672. The van der Waals surface area contributed by atoms with Crippen molar-refractivity contribution in [3.8, 4) is 0 Å². The molecule has 1 aliphatic heterocycles. The van der Waals surface area contributed by atoms with E-state index in [0.29, 0.717) is 0 Å². The third-order valence-electron chi connectivity index (χ3n) is 3.73. The minimum atomic E-state index is -1.57. The Morgan fingerprint density at radius 2 is 2.20 bits per heavy atom. The maximum atomic E-state index is 14.0. The highest BCUT2D eigenvalue weighted by atomic mass is 19.1. The van der Waals surface area contributed by atoms with Gasteiger partial charge >= 0.3 is 0 Å². The topological polar surface area (TPSA) is 106 Å². The third kappa shape index (κ3) is 1.62. The first-order chi connectivity index (χ1) is 9.34. The summed E-state index contributed by atoms with van der Waals surface area (Å²) in [5, 5.41) is 20.4. The maximum Gasteiger partial charge on any atom is 0.167 e. The van der Waals surface area contributed by atoms with Gasteiger partial charge in [-0.3, -0.25) is 4.57 Å². The summed E-state index contributed by atoms with van der Waals surface area (Å²) in [6, 6.07) is 0. The molecule has 0 aliphatic carbocycles. The first kappa shape index (κ1) is 13.2. The van der Waals surface area contributed by atoms with E-state index in [-0.39, 0.29) is 16.9 Å². The molecule has 0 radical (unpaired) electrons. The van der Waals surface area contributed by atoms with E-state index in [0.717, 1.165) is 6.20 Å². The second kappa shape index (κ2) is 4.11. The predicted molar refractivity (Wildman–Crippen MR) is 68.1 cm³/mol. The molecule has 0 bridgehead atoms. The average molecular weight is 282 g/mol. The molecule has 3 rings (SSSR count). The number of nitrogens with two attached hydrogens (primary N) is 1. The van der Waals surface area contributed by atoms with Gasteiger partial charge in [-0.2, -0.15) is 0 Å². The van der Waals surface area contributed by atoms with Gasteiger partial charge in [0.15, 0.2) is 17.7 Å². The molecule has 8 heteroatoms.